The summed E-state index contributed by atoms with van der Waals surface area (Å²) in [5, 5.41) is 0. The first-order valence-electron chi connectivity index (χ1n) is 5.86. The minimum atomic E-state index is -4.46. The SMILES string of the molecule is Nc1cc(F)cc(S(=O)Cc2cccc(C(F)(F)F)c2)c1. The molecule has 0 heterocycles. The lowest BCUT2D eigenvalue weighted by molar-refractivity contribution is -0.137. The van der Waals surface area contributed by atoms with E-state index in [1.807, 2.05) is 0 Å². The van der Waals surface area contributed by atoms with Gasteiger partial charge in [-0.1, -0.05) is 18.2 Å². The Morgan fingerprint density at radius 1 is 1.10 bits per heavy atom. The van der Waals surface area contributed by atoms with E-state index in [9.17, 15) is 21.8 Å². The average molecular weight is 317 g/mol. The molecule has 0 saturated carbocycles. The van der Waals surface area contributed by atoms with Gasteiger partial charge in [0.1, 0.15) is 5.82 Å². The number of anilines is 1. The third kappa shape index (κ3) is 4.04. The Balaban J connectivity index is 2.23. The van der Waals surface area contributed by atoms with Crippen molar-refractivity contribution in [3.8, 4) is 0 Å². The minimum Gasteiger partial charge on any atom is -0.399 e. The second-order valence-corrected chi connectivity index (χ2v) is 5.86. The van der Waals surface area contributed by atoms with E-state index in [1.165, 1.54) is 18.2 Å². The van der Waals surface area contributed by atoms with Crippen LogP contribution in [0.4, 0.5) is 23.2 Å². The smallest absolute Gasteiger partial charge is 0.399 e. The van der Waals surface area contributed by atoms with Crippen LogP contribution in [0.5, 0.6) is 0 Å². The first-order valence-corrected chi connectivity index (χ1v) is 7.18. The van der Waals surface area contributed by atoms with Gasteiger partial charge in [0.05, 0.1) is 22.1 Å². The van der Waals surface area contributed by atoms with E-state index >= 15 is 0 Å². The number of rotatable bonds is 3. The molecule has 0 saturated heterocycles. The Labute approximate surface area is 121 Å². The molecule has 2 aromatic rings. The van der Waals surface area contributed by atoms with Crippen molar-refractivity contribution in [1.29, 1.82) is 0 Å². The minimum absolute atomic E-state index is 0.113. The van der Waals surface area contributed by atoms with Gasteiger partial charge in [0.2, 0.25) is 0 Å². The molecule has 0 aliphatic rings. The van der Waals surface area contributed by atoms with Gasteiger partial charge in [0, 0.05) is 10.6 Å². The number of halogens is 4. The lowest BCUT2D eigenvalue weighted by Crippen LogP contribution is -2.06. The van der Waals surface area contributed by atoms with Gasteiger partial charge < -0.3 is 5.73 Å². The highest BCUT2D eigenvalue weighted by molar-refractivity contribution is 7.84. The zero-order chi connectivity index (χ0) is 15.6. The van der Waals surface area contributed by atoms with Gasteiger partial charge in [-0.3, -0.25) is 4.21 Å². The molecule has 0 fully saturated rings. The van der Waals surface area contributed by atoms with Crippen LogP contribution in [0.1, 0.15) is 11.1 Å². The number of hydrogen-bond donors (Lipinski definition) is 1. The van der Waals surface area contributed by atoms with Crippen LogP contribution in [0.2, 0.25) is 0 Å². The third-order valence-electron chi connectivity index (χ3n) is 2.71. The van der Waals surface area contributed by atoms with Crippen LogP contribution in [0.25, 0.3) is 0 Å². The zero-order valence-electron chi connectivity index (χ0n) is 10.7. The van der Waals surface area contributed by atoms with Crippen molar-refractivity contribution in [2.75, 3.05) is 5.73 Å². The molecule has 0 aliphatic carbocycles. The number of benzene rings is 2. The maximum Gasteiger partial charge on any atom is 0.416 e. The van der Waals surface area contributed by atoms with E-state index in [-0.39, 0.29) is 21.9 Å². The predicted molar refractivity (Wildman–Crippen MR) is 72.4 cm³/mol. The van der Waals surface area contributed by atoms with Crippen LogP contribution >= 0.6 is 0 Å². The van der Waals surface area contributed by atoms with Gasteiger partial charge in [-0.05, 0) is 29.8 Å². The third-order valence-corrected chi connectivity index (χ3v) is 4.07. The predicted octanol–water partition coefficient (Wildman–Crippen LogP) is 3.73. The fraction of sp³-hybridized carbons (Fsp3) is 0.143. The largest absolute Gasteiger partial charge is 0.416 e. The maximum atomic E-state index is 13.2. The molecule has 0 aliphatic heterocycles. The number of nitrogen functional groups attached to an aromatic ring is 1. The molecule has 0 bridgehead atoms. The standard InChI is InChI=1S/C14H11F4NOS/c15-11-5-12(19)7-13(6-11)21(20)8-9-2-1-3-10(4-9)14(16,17)18/h1-7H,8,19H2. The van der Waals surface area contributed by atoms with Crippen LogP contribution < -0.4 is 5.73 Å². The van der Waals surface area contributed by atoms with Crippen molar-refractivity contribution in [2.24, 2.45) is 0 Å². The summed E-state index contributed by atoms with van der Waals surface area (Å²) in [6, 6.07) is 8.02. The fourth-order valence-electron chi connectivity index (χ4n) is 1.79. The summed E-state index contributed by atoms with van der Waals surface area (Å²) in [6.45, 7) is 0. The van der Waals surface area contributed by atoms with Crippen LogP contribution in [0.3, 0.4) is 0 Å². The second kappa shape index (κ2) is 5.85. The summed E-state index contributed by atoms with van der Waals surface area (Å²) in [5.74, 6) is -0.783. The van der Waals surface area contributed by atoms with E-state index < -0.39 is 28.4 Å². The molecule has 7 heteroatoms. The molecule has 1 unspecified atom stereocenters. The molecule has 21 heavy (non-hydrogen) atoms. The van der Waals surface area contributed by atoms with E-state index in [1.54, 1.807) is 0 Å². The first kappa shape index (κ1) is 15.5. The zero-order valence-corrected chi connectivity index (χ0v) is 11.5. The molecule has 2 N–H and O–H groups in total. The van der Waals surface area contributed by atoms with Gasteiger partial charge in [-0.15, -0.1) is 0 Å². The highest BCUT2D eigenvalue weighted by Crippen LogP contribution is 2.30. The molecule has 1 atom stereocenters. The van der Waals surface area contributed by atoms with Crippen LogP contribution in [-0.4, -0.2) is 4.21 Å². The molecule has 0 amide bonds. The summed E-state index contributed by atoms with van der Waals surface area (Å²) >= 11 is 0. The molecule has 0 radical (unpaired) electrons. The van der Waals surface area contributed by atoms with Gasteiger partial charge in [0.25, 0.3) is 0 Å². The molecular formula is C14H11F4NOS. The van der Waals surface area contributed by atoms with Crippen LogP contribution in [-0.2, 0) is 22.7 Å². The van der Waals surface area contributed by atoms with Crippen molar-refractivity contribution >= 4 is 16.5 Å². The summed E-state index contributed by atoms with van der Waals surface area (Å²) in [4.78, 5) is 0.143. The topological polar surface area (TPSA) is 43.1 Å². The van der Waals surface area contributed by atoms with Crippen LogP contribution in [0, 0.1) is 5.82 Å². The van der Waals surface area contributed by atoms with Crippen molar-refractivity contribution in [1.82, 2.24) is 0 Å². The number of alkyl halides is 3. The first-order chi connectivity index (χ1) is 9.75. The summed E-state index contributed by atoms with van der Waals surface area (Å²) in [7, 11) is -1.68. The Kier molecular flexibility index (Phi) is 4.32. The summed E-state index contributed by atoms with van der Waals surface area (Å²) < 4.78 is 63.0. The Morgan fingerprint density at radius 2 is 1.81 bits per heavy atom. The number of nitrogens with two attached hydrogens (primary N) is 1. The van der Waals surface area contributed by atoms with E-state index in [0.29, 0.717) is 0 Å². The Hall–Kier alpha value is -1.89. The van der Waals surface area contributed by atoms with Gasteiger partial charge in [-0.2, -0.15) is 13.2 Å². The lowest BCUT2D eigenvalue weighted by Gasteiger charge is -2.09. The lowest BCUT2D eigenvalue weighted by atomic mass is 10.1. The van der Waals surface area contributed by atoms with Gasteiger partial charge >= 0.3 is 6.18 Å². The van der Waals surface area contributed by atoms with Crippen molar-refractivity contribution in [3.05, 3.63) is 59.4 Å². The highest BCUT2D eigenvalue weighted by atomic mass is 32.2. The molecule has 2 rings (SSSR count). The maximum absolute atomic E-state index is 13.2. The molecule has 112 valence electrons. The molecule has 0 aromatic heterocycles. The van der Waals surface area contributed by atoms with Gasteiger partial charge in [0.15, 0.2) is 0 Å². The van der Waals surface area contributed by atoms with E-state index in [4.69, 9.17) is 5.73 Å². The Bertz CT molecular complexity index is 665. The molecule has 2 nitrogen and oxygen atoms in total. The average Bonchev–Trinajstić information content (AvgIpc) is 2.37. The van der Waals surface area contributed by atoms with E-state index in [2.05, 4.69) is 0 Å². The number of hydrogen-bond acceptors (Lipinski definition) is 2. The molecular weight excluding hydrogens is 306 g/mol. The second-order valence-electron chi connectivity index (χ2n) is 4.41. The van der Waals surface area contributed by atoms with E-state index in [0.717, 1.165) is 24.3 Å². The normalized spacial score (nSPS) is 13.1. The fourth-order valence-corrected chi connectivity index (χ4v) is 2.95. The van der Waals surface area contributed by atoms with Crippen molar-refractivity contribution < 1.29 is 21.8 Å². The van der Waals surface area contributed by atoms with Crippen molar-refractivity contribution in [2.45, 2.75) is 16.8 Å². The molecule has 0 spiro atoms. The van der Waals surface area contributed by atoms with Crippen LogP contribution in [0.15, 0.2) is 47.4 Å². The summed E-state index contributed by atoms with van der Waals surface area (Å²) in [5.41, 5.74) is 5.01. The Morgan fingerprint density at radius 3 is 2.43 bits per heavy atom. The quantitative estimate of drug-likeness (QED) is 0.692. The summed E-state index contributed by atoms with van der Waals surface area (Å²) in [6.07, 6.45) is -4.46. The van der Waals surface area contributed by atoms with Gasteiger partial charge in [-0.25, -0.2) is 4.39 Å². The monoisotopic (exact) mass is 317 g/mol. The molecule has 2 aromatic carbocycles. The van der Waals surface area contributed by atoms with Crippen molar-refractivity contribution in [3.63, 3.8) is 0 Å². The highest BCUT2D eigenvalue weighted by Gasteiger charge is 2.30.